The molecule has 5 heteroatoms. The second-order valence-electron chi connectivity index (χ2n) is 2.95. The maximum absolute atomic E-state index is 10.7. The summed E-state index contributed by atoms with van der Waals surface area (Å²) in [5.41, 5.74) is 0. The van der Waals surface area contributed by atoms with Gasteiger partial charge in [0, 0.05) is 6.07 Å². The van der Waals surface area contributed by atoms with Crippen LogP contribution in [0, 0.1) is 0 Å². The summed E-state index contributed by atoms with van der Waals surface area (Å²) in [6.45, 7) is 0.770. The van der Waals surface area contributed by atoms with E-state index in [-0.39, 0.29) is 0 Å². The molecule has 0 atom stereocenters. The molecule has 0 unspecified atom stereocenters. The molecule has 0 radical (unpaired) electrons. The number of methoxy groups -OCH3 is 2. The highest BCUT2D eigenvalue weighted by Gasteiger charge is 1.98. The van der Waals surface area contributed by atoms with Gasteiger partial charge in [0.15, 0.2) is 0 Å². The van der Waals surface area contributed by atoms with E-state index in [2.05, 4.69) is 10.1 Å². The molecule has 0 aliphatic carbocycles. The van der Waals surface area contributed by atoms with Gasteiger partial charge in [0.25, 0.3) is 0 Å². The van der Waals surface area contributed by atoms with E-state index in [1.807, 2.05) is 18.2 Å². The molecule has 1 aromatic carbocycles. The average Bonchev–Trinajstić information content (AvgIpc) is 2.34. The summed E-state index contributed by atoms with van der Waals surface area (Å²) in [6, 6.07) is 7.26. The standard InChI is InChI=1S/C11H15NO4/c1-14-9-4-3-5-10(8-9)16-7-6-12-11(13)15-2/h3-5,8H,6-7H2,1-2H3,(H,12,13). The van der Waals surface area contributed by atoms with Crippen molar-refractivity contribution < 1.29 is 19.0 Å². The lowest BCUT2D eigenvalue weighted by Crippen LogP contribution is -2.27. The minimum Gasteiger partial charge on any atom is -0.497 e. The molecule has 0 saturated heterocycles. The molecule has 0 aliphatic heterocycles. The van der Waals surface area contributed by atoms with Gasteiger partial charge in [-0.2, -0.15) is 0 Å². The summed E-state index contributed by atoms with van der Waals surface area (Å²) < 4.78 is 14.9. The molecule has 1 N–H and O–H groups in total. The van der Waals surface area contributed by atoms with E-state index in [0.29, 0.717) is 18.9 Å². The van der Waals surface area contributed by atoms with Crippen molar-refractivity contribution in [3.8, 4) is 11.5 Å². The largest absolute Gasteiger partial charge is 0.497 e. The second kappa shape index (κ2) is 6.55. The van der Waals surface area contributed by atoms with Gasteiger partial charge < -0.3 is 19.5 Å². The van der Waals surface area contributed by atoms with Gasteiger partial charge in [-0.1, -0.05) is 6.07 Å². The first-order valence-corrected chi connectivity index (χ1v) is 4.85. The highest BCUT2D eigenvalue weighted by atomic mass is 16.5. The van der Waals surface area contributed by atoms with Crippen LogP contribution in [-0.4, -0.2) is 33.5 Å². The van der Waals surface area contributed by atoms with Crippen molar-refractivity contribution in [1.29, 1.82) is 0 Å². The number of carbonyl (C=O) groups excluding carboxylic acids is 1. The van der Waals surface area contributed by atoms with Gasteiger partial charge in [-0.25, -0.2) is 4.79 Å². The Bertz CT molecular complexity index is 341. The van der Waals surface area contributed by atoms with Gasteiger partial charge in [-0.05, 0) is 12.1 Å². The summed E-state index contributed by atoms with van der Waals surface area (Å²) in [4.78, 5) is 10.7. The van der Waals surface area contributed by atoms with E-state index in [1.165, 1.54) is 7.11 Å². The van der Waals surface area contributed by atoms with Gasteiger partial charge in [-0.15, -0.1) is 0 Å². The van der Waals surface area contributed by atoms with Crippen molar-refractivity contribution in [2.75, 3.05) is 27.4 Å². The molecule has 1 rings (SSSR count). The lowest BCUT2D eigenvalue weighted by atomic mass is 10.3. The molecule has 0 saturated carbocycles. The molecule has 16 heavy (non-hydrogen) atoms. The summed E-state index contributed by atoms with van der Waals surface area (Å²) in [5, 5.41) is 2.51. The first-order valence-electron chi connectivity index (χ1n) is 4.85. The van der Waals surface area contributed by atoms with Crippen molar-refractivity contribution in [3.63, 3.8) is 0 Å². The summed E-state index contributed by atoms with van der Waals surface area (Å²) >= 11 is 0. The number of hydrogen-bond donors (Lipinski definition) is 1. The number of ether oxygens (including phenoxy) is 3. The number of rotatable bonds is 5. The van der Waals surface area contributed by atoms with Crippen LogP contribution in [0.1, 0.15) is 0 Å². The molecule has 0 spiro atoms. The number of nitrogens with one attached hydrogen (secondary N) is 1. The monoisotopic (exact) mass is 225 g/mol. The fourth-order valence-corrected chi connectivity index (χ4v) is 1.09. The molecule has 88 valence electrons. The number of benzene rings is 1. The Morgan fingerprint density at radius 2 is 2.06 bits per heavy atom. The van der Waals surface area contributed by atoms with Crippen molar-refractivity contribution in [3.05, 3.63) is 24.3 Å². The van der Waals surface area contributed by atoms with Crippen LogP contribution in [0.4, 0.5) is 4.79 Å². The molecule has 0 aliphatic rings. The Kier molecular flexibility index (Phi) is 4.98. The third-order valence-electron chi connectivity index (χ3n) is 1.87. The van der Waals surface area contributed by atoms with Crippen LogP contribution in [0.15, 0.2) is 24.3 Å². The van der Waals surface area contributed by atoms with Gasteiger partial charge in [0.1, 0.15) is 18.1 Å². The Morgan fingerprint density at radius 3 is 2.75 bits per heavy atom. The Balaban J connectivity index is 2.28. The van der Waals surface area contributed by atoms with Crippen LogP contribution >= 0.6 is 0 Å². The molecule has 0 aromatic heterocycles. The molecule has 0 heterocycles. The lowest BCUT2D eigenvalue weighted by Gasteiger charge is -2.08. The molecular formula is C11H15NO4. The van der Waals surface area contributed by atoms with Crippen LogP contribution in [0.25, 0.3) is 0 Å². The number of carbonyl (C=O) groups is 1. The fraction of sp³-hybridized carbons (Fsp3) is 0.364. The highest BCUT2D eigenvalue weighted by molar-refractivity contribution is 5.66. The molecule has 1 aromatic rings. The van der Waals surface area contributed by atoms with Crippen LogP contribution < -0.4 is 14.8 Å². The molecule has 0 fully saturated rings. The Labute approximate surface area is 94.3 Å². The molecule has 5 nitrogen and oxygen atoms in total. The third kappa shape index (κ3) is 4.08. The minimum absolute atomic E-state index is 0.377. The van der Waals surface area contributed by atoms with E-state index in [1.54, 1.807) is 13.2 Å². The number of alkyl carbamates (subject to hydrolysis) is 1. The minimum atomic E-state index is -0.464. The lowest BCUT2D eigenvalue weighted by molar-refractivity contribution is 0.168. The first kappa shape index (κ1) is 12.2. The topological polar surface area (TPSA) is 56.8 Å². The normalized spacial score (nSPS) is 9.38. The zero-order chi connectivity index (χ0) is 11.8. The second-order valence-corrected chi connectivity index (χ2v) is 2.95. The molecule has 0 bridgehead atoms. The van der Waals surface area contributed by atoms with E-state index >= 15 is 0 Å². The van der Waals surface area contributed by atoms with Crippen LogP contribution in [0.2, 0.25) is 0 Å². The van der Waals surface area contributed by atoms with Gasteiger partial charge in [0.2, 0.25) is 0 Å². The van der Waals surface area contributed by atoms with Crippen molar-refractivity contribution in [2.24, 2.45) is 0 Å². The van der Waals surface area contributed by atoms with E-state index in [0.717, 1.165) is 5.75 Å². The maximum atomic E-state index is 10.7. The van der Waals surface area contributed by atoms with Gasteiger partial charge >= 0.3 is 6.09 Å². The smallest absolute Gasteiger partial charge is 0.406 e. The van der Waals surface area contributed by atoms with E-state index in [4.69, 9.17) is 9.47 Å². The van der Waals surface area contributed by atoms with Crippen LogP contribution in [0.5, 0.6) is 11.5 Å². The van der Waals surface area contributed by atoms with E-state index in [9.17, 15) is 4.79 Å². The van der Waals surface area contributed by atoms with Gasteiger partial charge in [0.05, 0.1) is 20.8 Å². The number of hydrogen-bond acceptors (Lipinski definition) is 4. The van der Waals surface area contributed by atoms with Gasteiger partial charge in [-0.3, -0.25) is 0 Å². The summed E-state index contributed by atoms with van der Waals surface area (Å²) in [7, 11) is 2.91. The Hall–Kier alpha value is -1.91. The summed E-state index contributed by atoms with van der Waals surface area (Å²) in [6.07, 6.45) is -0.464. The average molecular weight is 225 g/mol. The predicted molar refractivity (Wildman–Crippen MR) is 58.9 cm³/mol. The van der Waals surface area contributed by atoms with E-state index < -0.39 is 6.09 Å². The Morgan fingerprint density at radius 1 is 1.31 bits per heavy atom. The zero-order valence-corrected chi connectivity index (χ0v) is 9.36. The van der Waals surface area contributed by atoms with Crippen molar-refractivity contribution >= 4 is 6.09 Å². The van der Waals surface area contributed by atoms with Crippen molar-refractivity contribution in [1.82, 2.24) is 5.32 Å². The third-order valence-corrected chi connectivity index (χ3v) is 1.87. The predicted octanol–water partition coefficient (Wildman–Crippen LogP) is 1.43. The quantitative estimate of drug-likeness (QED) is 0.770. The fourth-order valence-electron chi connectivity index (χ4n) is 1.09. The SMILES string of the molecule is COC(=O)NCCOc1cccc(OC)c1. The first-order chi connectivity index (χ1) is 7.76. The molecular weight excluding hydrogens is 210 g/mol. The van der Waals surface area contributed by atoms with Crippen molar-refractivity contribution in [2.45, 2.75) is 0 Å². The van der Waals surface area contributed by atoms with Crippen LogP contribution in [-0.2, 0) is 4.74 Å². The summed E-state index contributed by atoms with van der Waals surface area (Å²) in [5.74, 6) is 1.43. The highest BCUT2D eigenvalue weighted by Crippen LogP contribution is 2.18. The maximum Gasteiger partial charge on any atom is 0.406 e. The molecule has 1 amide bonds. The zero-order valence-electron chi connectivity index (χ0n) is 9.36. The van der Waals surface area contributed by atoms with Crippen LogP contribution in [0.3, 0.4) is 0 Å². The number of amides is 1.